The van der Waals surface area contributed by atoms with E-state index in [0.717, 1.165) is 11.1 Å². The average molecular weight is 1140 g/mol. The van der Waals surface area contributed by atoms with Crippen molar-refractivity contribution in [3.8, 4) is 0 Å². The van der Waals surface area contributed by atoms with Gasteiger partial charge in [-0.05, 0) is 99.3 Å². The molecule has 5 rings (SSSR count). The molecule has 22 heteroatoms. The molecular formula is C60H94N12O10. The summed E-state index contributed by atoms with van der Waals surface area (Å²) in [6, 6.07) is 9.86. The van der Waals surface area contributed by atoms with Gasteiger partial charge in [-0.1, -0.05) is 116 Å². The highest BCUT2D eigenvalue weighted by Gasteiger charge is 2.42. The molecule has 0 saturated carbocycles. The first-order valence-corrected chi connectivity index (χ1v) is 29.6. The third-order valence-electron chi connectivity index (χ3n) is 15.1. The van der Waals surface area contributed by atoms with Crippen LogP contribution in [0.2, 0.25) is 0 Å². The van der Waals surface area contributed by atoms with Crippen LogP contribution >= 0.6 is 0 Å². The molecule has 9 amide bonds. The van der Waals surface area contributed by atoms with Crippen molar-refractivity contribution in [2.75, 3.05) is 39.3 Å². The number of benzene rings is 2. The van der Waals surface area contributed by atoms with Gasteiger partial charge < -0.3 is 63.6 Å². The molecule has 0 spiro atoms. The number of morpholine rings is 1. The van der Waals surface area contributed by atoms with Crippen LogP contribution in [0.3, 0.4) is 0 Å². The van der Waals surface area contributed by atoms with E-state index in [1.54, 1.807) is 39.8 Å². The highest BCUT2D eigenvalue weighted by atomic mass is 16.5. The molecule has 12 N–H and O–H groups in total. The van der Waals surface area contributed by atoms with Crippen molar-refractivity contribution < 1.29 is 47.9 Å². The van der Waals surface area contributed by atoms with E-state index in [4.69, 9.17) is 16.2 Å². The minimum Gasteiger partial charge on any atom is -0.370 e. The predicted octanol–water partition coefficient (Wildman–Crippen LogP) is 1.29. The number of nitrogens with zero attached hydrogens (tertiary/aromatic N) is 2. The topological polar surface area (TPSA) is 318 Å². The van der Waals surface area contributed by atoms with Crippen molar-refractivity contribution in [3.05, 3.63) is 71.8 Å². The molecule has 0 aromatic heterocycles. The number of ether oxygens (including phenoxy) is 1. The van der Waals surface area contributed by atoms with E-state index < -0.39 is 126 Å². The lowest BCUT2D eigenvalue weighted by atomic mass is 9.99. The summed E-state index contributed by atoms with van der Waals surface area (Å²) in [4.78, 5) is 133. The van der Waals surface area contributed by atoms with Crippen LogP contribution in [0.1, 0.15) is 124 Å². The molecule has 3 heterocycles. The maximum Gasteiger partial charge on any atom is 0.246 e. The molecule has 0 aliphatic carbocycles. The first-order chi connectivity index (χ1) is 39.1. The van der Waals surface area contributed by atoms with Crippen LogP contribution < -0.4 is 54.0 Å². The third-order valence-corrected chi connectivity index (χ3v) is 15.1. The predicted molar refractivity (Wildman–Crippen MR) is 312 cm³/mol. The van der Waals surface area contributed by atoms with Gasteiger partial charge in [-0.25, -0.2) is 0 Å². The normalized spacial score (nSPS) is 26.9. The Morgan fingerprint density at radius 3 is 1.54 bits per heavy atom. The molecule has 3 aliphatic rings. The van der Waals surface area contributed by atoms with Crippen LogP contribution in [-0.2, 0) is 60.9 Å². The molecule has 0 unspecified atom stereocenters. The van der Waals surface area contributed by atoms with E-state index in [1.807, 2.05) is 76.2 Å². The van der Waals surface area contributed by atoms with Gasteiger partial charge in [0.15, 0.2) is 0 Å². The number of hydrogen-bond acceptors (Lipinski definition) is 13. The monoisotopic (exact) mass is 1140 g/mol. The first-order valence-electron chi connectivity index (χ1n) is 29.6. The Morgan fingerprint density at radius 2 is 1.01 bits per heavy atom. The smallest absolute Gasteiger partial charge is 0.246 e. The van der Waals surface area contributed by atoms with Crippen molar-refractivity contribution in [3.63, 3.8) is 0 Å². The molecule has 3 fully saturated rings. The van der Waals surface area contributed by atoms with Gasteiger partial charge in [-0.3, -0.25) is 48.1 Å². The number of nitrogens with two attached hydrogens (primary N) is 2. The molecule has 3 aliphatic heterocycles. The van der Waals surface area contributed by atoms with Crippen LogP contribution in [0, 0.1) is 23.7 Å². The van der Waals surface area contributed by atoms with Gasteiger partial charge in [0.2, 0.25) is 53.2 Å². The van der Waals surface area contributed by atoms with Crippen molar-refractivity contribution in [2.24, 2.45) is 35.1 Å². The number of amides is 9. The molecule has 10 atom stereocenters. The number of hydrogen-bond donors (Lipinski definition) is 10. The summed E-state index contributed by atoms with van der Waals surface area (Å²) < 4.78 is 6.52. The number of nitrogens with one attached hydrogen (secondary N) is 8. The Labute approximate surface area is 484 Å². The lowest BCUT2D eigenvalue weighted by molar-refractivity contribution is -0.143. The second kappa shape index (κ2) is 33.0. The minimum atomic E-state index is -1.20. The third kappa shape index (κ3) is 20.7. The Morgan fingerprint density at radius 1 is 0.537 bits per heavy atom. The van der Waals surface area contributed by atoms with Crippen LogP contribution in [0.5, 0.6) is 0 Å². The molecule has 2 aromatic carbocycles. The summed E-state index contributed by atoms with van der Waals surface area (Å²) in [6.45, 7) is 16.5. The highest BCUT2D eigenvalue weighted by molar-refractivity contribution is 5.98. The maximum absolute atomic E-state index is 14.9. The Kier molecular flexibility index (Phi) is 26.7. The molecule has 0 radical (unpaired) electrons. The van der Waals surface area contributed by atoms with Crippen LogP contribution in [0.25, 0.3) is 0 Å². The largest absolute Gasteiger partial charge is 0.370 e. The fourth-order valence-electron chi connectivity index (χ4n) is 10.8. The number of carbonyl (C=O) groups is 9. The highest BCUT2D eigenvalue weighted by Crippen LogP contribution is 2.23. The Hall–Kier alpha value is -6.49. The SMILES string of the molecule is CC(C)C[C@@H]1NC(=O)[C@H](CCCN)NC(=O)[C@H](C(C)C)NC(=O)[C@@H]2CCCN2C(=O)[C@@H](Cc2ccccc2)NC(=O)[C@H](CC(C)C)NC(=O)[C@H](CCCN)NC(=O)[C@H](C(C)C)NC(=O)C[C@@H]2CN(Cc3ccccc3)C[C@@H](CNC1=O)O2. The van der Waals surface area contributed by atoms with Crippen molar-refractivity contribution in [1.29, 1.82) is 0 Å². The van der Waals surface area contributed by atoms with E-state index in [-0.39, 0.29) is 83.0 Å². The molecule has 82 heavy (non-hydrogen) atoms. The van der Waals surface area contributed by atoms with Crippen molar-refractivity contribution in [2.45, 2.75) is 187 Å². The van der Waals surface area contributed by atoms with Crippen LogP contribution in [0.15, 0.2) is 60.7 Å². The Bertz CT molecular complexity index is 2430. The number of carbonyl (C=O) groups excluding carboxylic acids is 9. The average Bonchev–Trinajstić information content (AvgIpc) is 4.01. The molecular weight excluding hydrogens is 1050 g/mol. The fourth-order valence-corrected chi connectivity index (χ4v) is 10.8. The zero-order valence-electron chi connectivity index (χ0n) is 49.5. The molecule has 454 valence electrons. The molecule has 3 saturated heterocycles. The van der Waals surface area contributed by atoms with E-state index in [2.05, 4.69) is 47.4 Å². The van der Waals surface area contributed by atoms with Gasteiger partial charge in [0.05, 0.1) is 18.6 Å². The van der Waals surface area contributed by atoms with E-state index in [1.165, 1.54) is 4.90 Å². The second-order valence-corrected chi connectivity index (χ2v) is 23.8. The van der Waals surface area contributed by atoms with Crippen molar-refractivity contribution in [1.82, 2.24) is 52.3 Å². The van der Waals surface area contributed by atoms with E-state index >= 15 is 0 Å². The van der Waals surface area contributed by atoms with Gasteiger partial charge in [-0.15, -0.1) is 0 Å². The standard InChI is InChI=1S/C60H94N12O10/c1-36(2)28-46-53(74)63-32-43-35-71(33-41-20-13-10-14-21-41)34-42(82-43)31-50(73)69-51(38(5)6)58(79)64-45(23-16-26-62)55(76)67-47(29-37(3)4)56(77)68-48(30-40-18-11-9-12-19-40)60(81)72-27-17-24-49(72)57(78)70-52(39(7)8)59(80)65-44(22-15-25-61)54(75)66-46/h9-14,18-21,36-39,42-49,51-52H,15-17,22-35,61-62H2,1-8H3,(H,63,74)(H,64,79)(H,65,80)(H,66,75)(H,67,76)(H,68,77)(H,69,73)(H,70,78)/t42-,43-,44+,45+,46+,47+,48-,49+,51+,52+/m1/s1. The number of rotatable bonds is 16. The zero-order chi connectivity index (χ0) is 60.0. The van der Waals surface area contributed by atoms with Gasteiger partial charge in [0.1, 0.15) is 48.3 Å². The summed E-state index contributed by atoms with van der Waals surface area (Å²) in [5, 5.41) is 23.1. The summed E-state index contributed by atoms with van der Waals surface area (Å²) >= 11 is 0. The maximum atomic E-state index is 14.9. The summed E-state index contributed by atoms with van der Waals surface area (Å²) in [5.74, 6) is -6.39. The van der Waals surface area contributed by atoms with E-state index in [9.17, 15) is 43.2 Å². The van der Waals surface area contributed by atoms with Gasteiger partial charge >= 0.3 is 0 Å². The first kappa shape index (κ1) is 66.3. The van der Waals surface area contributed by atoms with Crippen LogP contribution in [-0.4, -0.2) is 163 Å². The lowest BCUT2D eigenvalue weighted by Crippen LogP contribution is -2.61. The van der Waals surface area contributed by atoms with Gasteiger partial charge in [-0.2, -0.15) is 0 Å². The molecule has 22 nitrogen and oxygen atoms in total. The molecule has 2 bridgehead atoms. The number of fused-ring (bicyclic) bond motifs is 3. The van der Waals surface area contributed by atoms with Gasteiger partial charge in [0, 0.05) is 39.1 Å². The van der Waals surface area contributed by atoms with Crippen molar-refractivity contribution >= 4 is 53.2 Å². The fraction of sp³-hybridized carbons (Fsp3) is 0.650. The second-order valence-electron chi connectivity index (χ2n) is 23.8. The van der Waals surface area contributed by atoms with E-state index in [0.29, 0.717) is 38.9 Å². The summed E-state index contributed by atoms with van der Waals surface area (Å²) in [6.07, 6.45) is 0.661. The quantitative estimate of drug-likeness (QED) is 0.114. The molecule has 2 aromatic rings. The Balaban J connectivity index is 1.53. The summed E-state index contributed by atoms with van der Waals surface area (Å²) in [7, 11) is 0. The lowest BCUT2D eigenvalue weighted by Gasteiger charge is -2.38. The summed E-state index contributed by atoms with van der Waals surface area (Å²) in [5.41, 5.74) is 13.6. The van der Waals surface area contributed by atoms with Crippen LogP contribution in [0.4, 0.5) is 0 Å². The zero-order valence-corrected chi connectivity index (χ0v) is 49.5. The van der Waals surface area contributed by atoms with Gasteiger partial charge in [0.25, 0.3) is 0 Å². The minimum absolute atomic E-state index is 0.0243.